The average Bonchev–Trinajstić information content (AvgIpc) is 2.70. The lowest BCUT2D eigenvalue weighted by Crippen LogP contribution is -2.42. The lowest BCUT2D eigenvalue weighted by atomic mass is 9.94. The van der Waals surface area contributed by atoms with E-state index in [2.05, 4.69) is 10.6 Å². The van der Waals surface area contributed by atoms with Gasteiger partial charge in [-0.3, -0.25) is 10.1 Å². The molecular formula is C21H31N3O6S. The minimum Gasteiger partial charge on any atom is -0.452 e. The van der Waals surface area contributed by atoms with Crippen LogP contribution >= 0.6 is 0 Å². The second-order valence-corrected chi connectivity index (χ2v) is 10.5. The van der Waals surface area contributed by atoms with Crippen LogP contribution in [-0.2, 0) is 19.6 Å². The van der Waals surface area contributed by atoms with Crippen molar-refractivity contribution in [2.24, 2.45) is 17.8 Å². The SMILES string of the molecule is CC(C)CNC(=O)NC(=O)COC(=O)c1ccc(S(=O)(=O)N2C[C@H](C)C[C@@H](C)C2)cc1. The van der Waals surface area contributed by atoms with E-state index < -0.39 is 34.5 Å². The van der Waals surface area contributed by atoms with Crippen LogP contribution in [0.3, 0.4) is 0 Å². The van der Waals surface area contributed by atoms with Gasteiger partial charge in [0, 0.05) is 19.6 Å². The van der Waals surface area contributed by atoms with Gasteiger partial charge in [-0.15, -0.1) is 0 Å². The second-order valence-electron chi connectivity index (χ2n) is 8.52. The molecule has 1 fully saturated rings. The maximum absolute atomic E-state index is 12.9. The smallest absolute Gasteiger partial charge is 0.338 e. The Balaban J connectivity index is 1.91. The number of sulfonamides is 1. The molecule has 2 rings (SSSR count). The van der Waals surface area contributed by atoms with E-state index in [1.54, 1.807) is 0 Å². The van der Waals surface area contributed by atoms with Crippen molar-refractivity contribution in [2.45, 2.75) is 39.0 Å². The third-order valence-corrected chi connectivity index (χ3v) is 6.67. The molecule has 10 heteroatoms. The van der Waals surface area contributed by atoms with Crippen LogP contribution < -0.4 is 10.6 Å². The van der Waals surface area contributed by atoms with Crippen molar-refractivity contribution in [3.8, 4) is 0 Å². The fraction of sp³-hybridized carbons (Fsp3) is 0.571. The van der Waals surface area contributed by atoms with E-state index in [0.29, 0.717) is 19.6 Å². The lowest BCUT2D eigenvalue weighted by Gasteiger charge is -2.34. The summed E-state index contributed by atoms with van der Waals surface area (Å²) in [6.07, 6.45) is 0.990. The van der Waals surface area contributed by atoms with Gasteiger partial charge in [-0.1, -0.05) is 27.7 Å². The lowest BCUT2D eigenvalue weighted by molar-refractivity contribution is -0.123. The summed E-state index contributed by atoms with van der Waals surface area (Å²) in [4.78, 5) is 35.5. The molecule has 2 atom stereocenters. The number of imide groups is 1. The molecule has 0 aliphatic carbocycles. The molecule has 1 aromatic rings. The van der Waals surface area contributed by atoms with E-state index in [0.717, 1.165) is 6.42 Å². The van der Waals surface area contributed by atoms with Crippen LogP contribution in [0.25, 0.3) is 0 Å². The Kier molecular flexibility index (Phi) is 8.58. The summed E-state index contributed by atoms with van der Waals surface area (Å²) >= 11 is 0. The fourth-order valence-electron chi connectivity index (χ4n) is 3.43. The molecule has 1 aromatic carbocycles. The Bertz CT molecular complexity index is 888. The van der Waals surface area contributed by atoms with Crippen molar-refractivity contribution in [2.75, 3.05) is 26.2 Å². The Morgan fingerprint density at radius 1 is 1.10 bits per heavy atom. The molecule has 0 bridgehead atoms. The van der Waals surface area contributed by atoms with E-state index in [-0.39, 0.29) is 28.2 Å². The van der Waals surface area contributed by atoms with Crippen LogP contribution in [0.1, 0.15) is 44.5 Å². The van der Waals surface area contributed by atoms with Crippen molar-refractivity contribution in [3.63, 3.8) is 0 Å². The molecule has 9 nitrogen and oxygen atoms in total. The molecule has 1 saturated heterocycles. The number of carbonyl (C=O) groups is 3. The molecule has 172 valence electrons. The molecule has 31 heavy (non-hydrogen) atoms. The number of nitrogens with one attached hydrogen (secondary N) is 2. The summed E-state index contributed by atoms with van der Waals surface area (Å²) in [5, 5.41) is 4.58. The topological polar surface area (TPSA) is 122 Å². The quantitative estimate of drug-likeness (QED) is 0.609. The fourth-order valence-corrected chi connectivity index (χ4v) is 5.11. The number of amides is 3. The van der Waals surface area contributed by atoms with Gasteiger partial charge in [-0.05, 0) is 48.4 Å². The highest BCUT2D eigenvalue weighted by molar-refractivity contribution is 7.89. The Labute approximate surface area is 183 Å². The van der Waals surface area contributed by atoms with Crippen molar-refractivity contribution in [1.29, 1.82) is 0 Å². The molecule has 1 heterocycles. The van der Waals surface area contributed by atoms with Gasteiger partial charge in [-0.25, -0.2) is 18.0 Å². The Morgan fingerprint density at radius 2 is 1.68 bits per heavy atom. The predicted octanol–water partition coefficient (Wildman–Crippen LogP) is 1.99. The zero-order chi connectivity index (χ0) is 23.2. The molecular weight excluding hydrogens is 422 g/mol. The van der Waals surface area contributed by atoms with Crippen molar-refractivity contribution < 1.29 is 27.5 Å². The van der Waals surface area contributed by atoms with Crippen LogP contribution in [0.15, 0.2) is 29.2 Å². The van der Waals surface area contributed by atoms with E-state index in [1.807, 2.05) is 27.7 Å². The maximum atomic E-state index is 12.9. The average molecular weight is 454 g/mol. The van der Waals surface area contributed by atoms with Crippen LogP contribution in [0.4, 0.5) is 4.79 Å². The first-order valence-corrected chi connectivity index (χ1v) is 11.8. The number of urea groups is 1. The summed E-state index contributed by atoms with van der Waals surface area (Å²) < 4.78 is 32.2. The number of esters is 1. The number of hydrogen-bond donors (Lipinski definition) is 2. The molecule has 0 aromatic heterocycles. The zero-order valence-corrected chi connectivity index (χ0v) is 19.2. The van der Waals surface area contributed by atoms with Gasteiger partial charge >= 0.3 is 12.0 Å². The monoisotopic (exact) mass is 453 g/mol. The molecule has 0 saturated carbocycles. The Hall–Kier alpha value is -2.46. The van der Waals surface area contributed by atoms with E-state index in [1.165, 1.54) is 28.6 Å². The van der Waals surface area contributed by atoms with Crippen molar-refractivity contribution in [3.05, 3.63) is 29.8 Å². The van der Waals surface area contributed by atoms with Gasteiger partial charge in [0.2, 0.25) is 10.0 Å². The minimum atomic E-state index is -3.65. The van der Waals surface area contributed by atoms with E-state index in [9.17, 15) is 22.8 Å². The number of rotatable bonds is 7. The Morgan fingerprint density at radius 3 is 2.23 bits per heavy atom. The highest BCUT2D eigenvalue weighted by Crippen LogP contribution is 2.26. The van der Waals surface area contributed by atoms with Crippen LogP contribution in [0, 0.1) is 17.8 Å². The molecule has 2 N–H and O–H groups in total. The van der Waals surface area contributed by atoms with Crippen molar-refractivity contribution >= 4 is 27.9 Å². The normalized spacial score (nSPS) is 19.6. The van der Waals surface area contributed by atoms with Gasteiger partial charge in [-0.2, -0.15) is 4.31 Å². The summed E-state index contributed by atoms with van der Waals surface area (Å²) in [5.74, 6) is -0.756. The van der Waals surface area contributed by atoms with Crippen molar-refractivity contribution in [1.82, 2.24) is 14.9 Å². The highest BCUT2D eigenvalue weighted by atomic mass is 32.2. The molecule has 0 spiro atoms. The zero-order valence-electron chi connectivity index (χ0n) is 18.4. The standard InChI is InChI=1S/C21H31N3O6S/c1-14(2)10-22-21(27)23-19(25)13-30-20(26)17-5-7-18(8-6-17)31(28,29)24-11-15(3)9-16(4)12-24/h5-8,14-16H,9-13H2,1-4H3,(H2,22,23,25,27)/t15-,16-/m1/s1. The van der Waals surface area contributed by atoms with Gasteiger partial charge in [0.25, 0.3) is 5.91 Å². The number of hydrogen-bond acceptors (Lipinski definition) is 6. The molecule has 0 radical (unpaired) electrons. The molecule has 1 aliphatic rings. The second kappa shape index (κ2) is 10.7. The molecule has 0 unspecified atom stereocenters. The first-order chi connectivity index (χ1) is 14.5. The number of benzene rings is 1. The summed E-state index contributed by atoms with van der Waals surface area (Å²) in [6.45, 7) is 8.60. The van der Waals surface area contributed by atoms with Gasteiger partial charge in [0.1, 0.15) is 0 Å². The van der Waals surface area contributed by atoms with Crippen LogP contribution in [0.5, 0.6) is 0 Å². The molecule has 3 amide bonds. The minimum absolute atomic E-state index is 0.102. The number of carbonyl (C=O) groups excluding carboxylic acids is 3. The van der Waals surface area contributed by atoms with Gasteiger partial charge in [0.05, 0.1) is 10.5 Å². The van der Waals surface area contributed by atoms with Gasteiger partial charge < -0.3 is 10.1 Å². The summed E-state index contributed by atoms with van der Waals surface area (Å²) in [7, 11) is -3.65. The highest BCUT2D eigenvalue weighted by Gasteiger charge is 2.31. The third kappa shape index (κ3) is 7.32. The summed E-state index contributed by atoms with van der Waals surface area (Å²) in [6, 6.07) is 4.74. The third-order valence-electron chi connectivity index (χ3n) is 4.82. The number of piperidine rings is 1. The molecule has 1 aliphatic heterocycles. The first kappa shape index (κ1) is 24.8. The number of nitrogens with zero attached hydrogens (tertiary/aromatic N) is 1. The van der Waals surface area contributed by atoms with Crippen LogP contribution in [0.2, 0.25) is 0 Å². The predicted molar refractivity (Wildman–Crippen MR) is 115 cm³/mol. The van der Waals surface area contributed by atoms with Crippen LogP contribution in [-0.4, -0.2) is 56.9 Å². The maximum Gasteiger partial charge on any atom is 0.338 e. The largest absolute Gasteiger partial charge is 0.452 e. The number of ether oxygens (including phenoxy) is 1. The first-order valence-electron chi connectivity index (χ1n) is 10.3. The van der Waals surface area contributed by atoms with E-state index in [4.69, 9.17) is 4.74 Å². The van der Waals surface area contributed by atoms with Gasteiger partial charge in [0.15, 0.2) is 6.61 Å². The summed E-state index contributed by atoms with van der Waals surface area (Å²) in [5.41, 5.74) is 0.108. The van der Waals surface area contributed by atoms with E-state index >= 15 is 0 Å².